The van der Waals surface area contributed by atoms with E-state index >= 15 is 0 Å². The van der Waals surface area contributed by atoms with Crippen LogP contribution in [0, 0.1) is 11.6 Å². The fourth-order valence-corrected chi connectivity index (χ4v) is 1.92. The zero-order chi connectivity index (χ0) is 12.6. The van der Waals surface area contributed by atoms with E-state index in [1.165, 1.54) is 23.2 Å². The zero-order valence-electron chi connectivity index (χ0n) is 8.86. The van der Waals surface area contributed by atoms with Crippen molar-refractivity contribution in [2.24, 2.45) is 7.05 Å². The molecule has 17 heavy (non-hydrogen) atoms. The molecule has 0 fully saturated rings. The molecule has 2 rings (SSSR count). The van der Waals surface area contributed by atoms with Gasteiger partial charge in [0.1, 0.15) is 17.7 Å². The van der Waals surface area contributed by atoms with Gasteiger partial charge in [0, 0.05) is 7.05 Å². The highest BCUT2D eigenvalue weighted by molar-refractivity contribution is 9.10. The fourth-order valence-electron chi connectivity index (χ4n) is 1.57. The lowest BCUT2D eigenvalue weighted by Crippen LogP contribution is -2.09. The first-order valence-electron chi connectivity index (χ1n) is 4.80. The zero-order valence-corrected chi connectivity index (χ0v) is 10.4. The Hall–Kier alpha value is -1.27. The molecule has 1 atom stereocenters. The first kappa shape index (κ1) is 12.2. The molecule has 1 N–H and O–H groups in total. The van der Waals surface area contributed by atoms with E-state index in [4.69, 9.17) is 0 Å². The number of benzene rings is 1. The number of imidazole rings is 1. The van der Waals surface area contributed by atoms with Gasteiger partial charge in [0.15, 0.2) is 0 Å². The number of aryl methyl sites for hydroxylation is 1. The molecule has 1 heterocycles. The second-order valence-corrected chi connectivity index (χ2v) is 4.44. The largest absolute Gasteiger partial charge is 0.382 e. The molecule has 3 nitrogen and oxygen atoms in total. The predicted octanol–water partition coefficient (Wildman–Crippen LogP) is 2.54. The number of aliphatic hydroxyl groups excluding tert-OH is 1. The number of aromatic nitrogens is 2. The second-order valence-electron chi connectivity index (χ2n) is 3.59. The van der Waals surface area contributed by atoms with Gasteiger partial charge in [-0.25, -0.2) is 13.8 Å². The van der Waals surface area contributed by atoms with Gasteiger partial charge in [-0.2, -0.15) is 0 Å². The van der Waals surface area contributed by atoms with Crippen molar-refractivity contribution >= 4 is 15.9 Å². The molecule has 6 heteroatoms. The van der Waals surface area contributed by atoms with Crippen LogP contribution in [0.3, 0.4) is 0 Å². The first-order valence-corrected chi connectivity index (χ1v) is 5.59. The van der Waals surface area contributed by atoms with E-state index in [0.29, 0.717) is 5.69 Å². The molecule has 1 aromatic carbocycles. The molecule has 0 aliphatic heterocycles. The summed E-state index contributed by atoms with van der Waals surface area (Å²) in [5.74, 6) is -1.60. The molecule has 0 radical (unpaired) electrons. The van der Waals surface area contributed by atoms with Gasteiger partial charge in [-0.15, -0.1) is 0 Å². The number of hydrogen-bond donors (Lipinski definition) is 1. The maximum Gasteiger partial charge on any atom is 0.146 e. The molecule has 0 spiro atoms. The maximum absolute atomic E-state index is 13.8. The van der Waals surface area contributed by atoms with E-state index in [2.05, 4.69) is 20.9 Å². The van der Waals surface area contributed by atoms with Crippen molar-refractivity contribution in [2.75, 3.05) is 0 Å². The SMILES string of the molecule is Cn1cncc1C(O)c1c(F)ccc(Br)c1F. The van der Waals surface area contributed by atoms with Crippen molar-refractivity contribution in [3.63, 3.8) is 0 Å². The minimum atomic E-state index is -1.39. The molecule has 0 aliphatic carbocycles. The van der Waals surface area contributed by atoms with E-state index in [0.717, 1.165) is 6.07 Å². The molecule has 0 saturated carbocycles. The summed E-state index contributed by atoms with van der Waals surface area (Å²) >= 11 is 2.96. The Morgan fingerprint density at radius 3 is 2.71 bits per heavy atom. The topological polar surface area (TPSA) is 38.0 Å². The van der Waals surface area contributed by atoms with Crippen LogP contribution in [0.5, 0.6) is 0 Å². The number of nitrogens with zero attached hydrogens (tertiary/aromatic N) is 2. The number of rotatable bonds is 2. The van der Waals surface area contributed by atoms with Crippen LogP contribution < -0.4 is 0 Å². The van der Waals surface area contributed by atoms with Crippen LogP contribution in [0.15, 0.2) is 29.1 Å². The van der Waals surface area contributed by atoms with Gasteiger partial charge in [0.25, 0.3) is 0 Å². The quantitative estimate of drug-likeness (QED) is 0.866. The molecule has 0 amide bonds. The van der Waals surface area contributed by atoms with Crippen molar-refractivity contribution in [2.45, 2.75) is 6.10 Å². The Balaban J connectivity index is 2.55. The first-order chi connectivity index (χ1) is 8.02. The number of halogens is 3. The van der Waals surface area contributed by atoms with E-state index in [-0.39, 0.29) is 10.0 Å². The summed E-state index contributed by atoms with van der Waals surface area (Å²) in [6.07, 6.45) is 1.43. The molecule has 1 aromatic heterocycles. The molecule has 0 aliphatic rings. The van der Waals surface area contributed by atoms with Crippen molar-refractivity contribution in [1.82, 2.24) is 9.55 Å². The Bertz CT molecular complexity index is 556. The highest BCUT2D eigenvalue weighted by Gasteiger charge is 2.23. The summed E-state index contributed by atoms with van der Waals surface area (Å²) in [6, 6.07) is 2.35. The van der Waals surface area contributed by atoms with Crippen LogP contribution >= 0.6 is 15.9 Å². The van der Waals surface area contributed by atoms with Crippen LogP contribution in [0.2, 0.25) is 0 Å². The van der Waals surface area contributed by atoms with Gasteiger partial charge in [-0.05, 0) is 28.1 Å². The molecule has 0 bridgehead atoms. The molecule has 1 unspecified atom stereocenters. The number of aliphatic hydroxyl groups is 1. The highest BCUT2D eigenvalue weighted by Crippen LogP contribution is 2.30. The average Bonchev–Trinajstić information content (AvgIpc) is 2.70. The van der Waals surface area contributed by atoms with Crippen molar-refractivity contribution in [3.8, 4) is 0 Å². The summed E-state index contributed by atoms with van der Waals surface area (Å²) in [4.78, 5) is 3.80. The molecule has 90 valence electrons. The summed E-state index contributed by atoms with van der Waals surface area (Å²) in [7, 11) is 1.64. The van der Waals surface area contributed by atoms with Crippen LogP contribution in [0.4, 0.5) is 8.78 Å². The Kier molecular flexibility index (Phi) is 3.26. The third-order valence-electron chi connectivity index (χ3n) is 2.49. The molecule has 0 saturated heterocycles. The predicted molar refractivity (Wildman–Crippen MR) is 61.3 cm³/mol. The standard InChI is InChI=1S/C11H9BrF2N2O/c1-16-5-15-4-8(16)11(17)9-7(13)3-2-6(12)10(9)14/h2-5,11,17H,1H3. The van der Waals surface area contributed by atoms with E-state index in [1.54, 1.807) is 7.05 Å². The maximum atomic E-state index is 13.8. The second kappa shape index (κ2) is 4.54. The lowest BCUT2D eigenvalue weighted by molar-refractivity contribution is 0.200. The number of hydrogen-bond acceptors (Lipinski definition) is 2. The summed E-state index contributed by atoms with van der Waals surface area (Å²) in [5.41, 5.74) is -0.0659. The highest BCUT2D eigenvalue weighted by atomic mass is 79.9. The lowest BCUT2D eigenvalue weighted by Gasteiger charge is -2.14. The van der Waals surface area contributed by atoms with Gasteiger partial charge >= 0.3 is 0 Å². The minimum absolute atomic E-state index is 0.107. The van der Waals surface area contributed by atoms with Crippen LogP contribution in [0.25, 0.3) is 0 Å². The summed E-state index contributed by atoms with van der Waals surface area (Å²) in [6.45, 7) is 0. The Morgan fingerprint density at radius 1 is 1.41 bits per heavy atom. The molecular weight excluding hydrogens is 294 g/mol. The van der Waals surface area contributed by atoms with Gasteiger partial charge in [-0.3, -0.25) is 0 Å². The molecular formula is C11H9BrF2N2O. The van der Waals surface area contributed by atoms with E-state index < -0.39 is 17.7 Å². The third-order valence-corrected chi connectivity index (χ3v) is 3.10. The summed E-state index contributed by atoms with van der Waals surface area (Å²) in [5, 5.41) is 9.99. The van der Waals surface area contributed by atoms with E-state index in [9.17, 15) is 13.9 Å². The molecule has 2 aromatic rings. The van der Waals surface area contributed by atoms with E-state index in [1.807, 2.05) is 0 Å². The van der Waals surface area contributed by atoms with Crippen LogP contribution in [-0.4, -0.2) is 14.7 Å². The van der Waals surface area contributed by atoms with Crippen molar-refractivity contribution in [1.29, 1.82) is 0 Å². The van der Waals surface area contributed by atoms with Gasteiger partial charge in [0.05, 0.1) is 28.3 Å². The van der Waals surface area contributed by atoms with Gasteiger partial charge in [0.2, 0.25) is 0 Å². The lowest BCUT2D eigenvalue weighted by atomic mass is 10.1. The fraction of sp³-hybridized carbons (Fsp3) is 0.182. The summed E-state index contributed by atoms with van der Waals surface area (Å²) < 4.78 is 28.9. The Morgan fingerprint density at radius 2 is 2.12 bits per heavy atom. The smallest absolute Gasteiger partial charge is 0.146 e. The third kappa shape index (κ3) is 2.10. The van der Waals surface area contributed by atoms with Gasteiger partial charge < -0.3 is 9.67 Å². The minimum Gasteiger partial charge on any atom is -0.382 e. The average molecular weight is 303 g/mol. The monoisotopic (exact) mass is 302 g/mol. The van der Waals surface area contributed by atoms with Crippen molar-refractivity contribution < 1.29 is 13.9 Å². The Labute approximate surface area is 105 Å². The van der Waals surface area contributed by atoms with Crippen LogP contribution in [0.1, 0.15) is 17.4 Å². The van der Waals surface area contributed by atoms with Crippen LogP contribution in [-0.2, 0) is 7.05 Å². The van der Waals surface area contributed by atoms with Gasteiger partial charge in [-0.1, -0.05) is 0 Å². The normalized spacial score (nSPS) is 12.8. The van der Waals surface area contributed by atoms with Crippen molar-refractivity contribution in [3.05, 3.63) is 52.0 Å².